The van der Waals surface area contributed by atoms with Crippen molar-refractivity contribution in [1.29, 1.82) is 0 Å². The lowest BCUT2D eigenvalue weighted by Crippen LogP contribution is -1.77. The lowest BCUT2D eigenvalue weighted by atomic mass is 10.1. The molecular formula is C13H13NO. The van der Waals surface area contributed by atoms with Crippen LogP contribution in [0.15, 0.2) is 25.3 Å². The van der Waals surface area contributed by atoms with Crippen LogP contribution in [0.4, 0.5) is 0 Å². The highest BCUT2D eigenvalue weighted by molar-refractivity contribution is 5.95. The Hall–Kier alpha value is -1.96. The molecule has 0 saturated carbocycles. The van der Waals surface area contributed by atoms with Crippen molar-refractivity contribution in [2.24, 2.45) is 0 Å². The molecular weight excluding hydrogens is 186 g/mol. The van der Waals surface area contributed by atoms with Gasteiger partial charge in [0.25, 0.3) is 0 Å². The minimum Gasteiger partial charge on any atom is -0.508 e. The van der Waals surface area contributed by atoms with Crippen molar-refractivity contribution in [2.45, 2.75) is 6.92 Å². The number of aromatic hydroxyl groups is 1. The highest BCUT2D eigenvalue weighted by Crippen LogP contribution is 2.30. The summed E-state index contributed by atoms with van der Waals surface area (Å²) in [6.45, 7) is 9.51. The maximum absolute atomic E-state index is 9.48. The normalized spacial score (nSPS) is 10.5. The summed E-state index contributed by atoms with van der Waals surface area (Å²) in [7, 11) is 0. The first-order chi connectivity index (χ1) is 7.17. The van der Waals surface area contributed by atoms with Gasteiger partial charge in [-0.15, -0.1) is 0 Å². The van der Waals surface area contributed by atoms with E-state index >= 15 is 0 Å². The molecule has 0 atom stereocenters. The van der Waals surface area contributed by atoms with Gasteiger partial charge in [0.1, 0.15) is 5.75 Å². The smallest absolute Gasteiger partial charge is 0.117 e. The number of phenolic OH excluding ortho intramolecular Hbond substituents is 1. The molecule has 1 aromatic heterocycles. The number of nitrogens with one attached hydrogen (secondary N) is 1. The fourth-order valence-corrected chi connectivity index (χ4v) is 1.94. The molecule has 2 aromatic rings. The van der Waals surface area contributed by atoms with Crippen LogP contribution in [0, 0.1) is 6.92 Å². The zero-order valence-electron chi connectivity index (χ0n) is 8.67. The average molecular weight is 199 g/mol. The molecule has 0 unspecified atom stereocenters. The Balaban J connectivity index is 2.94. The molecule has 2 N–H and O–H groups in total. The van der Waals surface area contributed by atoms with E-state index in [2.05, 4.69) is 18.1 Å². The lowest BCUT2D eigenvalue weighted by Gasteiger charge is -1.99. The highest BCUT2D eigenvalue weighted by atomic mass is 16.3. The summed E-state index contributed by atoms with van der Waals surface area (Å²) < 4.78 is 0. The third-order valence-electron chi connectivity index (χ3n) is 2.56. The zero-order valence-corrected chi connectivity index (χ0v) is 8.67. The molecule has 0 bridgehead atoms. The van der Waals surface area contributed by atoms with Crippen LogP contribution in [-0.4, -0.2) is 10.1 Å². The molecule has 1 heterocycles. The van der Waals surface area contributed by atoms with Crippen molar-refractivity contribution in [3.63, 3.8) is 0 Å². The lowest BCUT2D eigenvalue weighted by molar-refractivity contribution is 0.475. The Morgan fingerprint density at radius 1 is 1.27 bits per heavy atom. The quantitative estimate of drug-likeness (QED) is 0.763. The number of rotatable bonds is 2. The average Bonchev–Trinajstić information content (AvgIpc) is 2.55. The van der Waals surface area contributed by atoms with Crippen LogP contribution in [0.1, 0.15) is 16.8 Å². The molecule has 2 rings (SSSR count). The maximum atomic E-state index is 9.48. The number of fused-ring (bicyclic) bond motifs is 1. The van der Waals surface area contributed by atoms with Gasteiger partial charge in [-0.25, -0.2) is 0 Å². The first-order valence-electron chi connectivity index (χ1n) is 4.77. The minimum atomic E-state index is 0.271. The second-order valence-electron chi connectivity index (χ2n) is 3.55. The number of hydrogen-bond donors (Lipinski definition) is 2. The second kappa shape index (κ2) is 3.31. The topological polar surface area (TPSA) is 36.0 Å². The minimum absolute atomic E-state index is 0.271. The van der Waals surface area contributed by atoms with Gasteiger partial charge in [-0.05, 0) is 24.6 Å². The number of aromatic nitrogens is 1. The van der Waals surface area contributed by atoms with Crippen LogP contribution >= 0.6 is 0 Å². The zero-order chi connectivity index (χ0) is 11.0. The molecule has 0 fully saturated rings. The van der Waals surface area contributed by atoms with Gasteiger partial charge in [0.2, 0.25) is 0 Å². The van der Waals surface area contributed by atoms with Crippen molar-refractivity contribution in [2.75, 3.05) is 0 Å². The molecule has 2 heteroatoms. The fourth-order valence-electron chi connectivity index (χ4n) is 1.94. The number of benzene rings is 1. The monoisotopic (exact) mass is 199 g/mol. The van der Waals surface area contributed by atoms with Crippen molar-refractivity contribution >= 4 is 23.1 Å². The van der Waals surface area contributed by atoms with Crippen LogP contribution in [0.25, 0.3) is 23.1 Å². The van der Waals surface area contributed by atoms with Gasteiger partial charge in [-0.2, -0.15) is 0 Å². The van der Waals surface area contributed by atoms with Crippen LogP contribution in [0.2, 0.25) is 0 Å². The van der Waals surface area contributed by atoms with E-state index in [1.54, 1.807) is 24.3 Å². The third kappa shape index (κ3) is 1.34. The van der Waals surface area contributed by atoms with Gasteiger partial charge in [-0.1, -0.05) is 19.2 Å². The van der Waals surface area contributed by atoms with E-state index in [0.29, 0.717) is 0 Å². The summed E-state index contributed by atoms with van der Waals surface area (Å²) in [4.78, 5) is 3.20. The largest absolute Gasteiger partial charge is 0.508 e. The number of aryl methyl sites for hydroxylation is 1. The summed E-state index contributed by atoms with van der Waals surface area (Å²) in [5.74, 6) is 0.271. The van der Waals surface area contributed by atoms with Gasteiger partial charge in [0.15, 0.2) is 0 Å². The molecule has 1 aromatic carbocycles. The Bertz CT molecular complexity index is 549. The van der Waals surface area contributed by atoms with Gasteiger partial charge in [0.05, 0.1) is 5.52 Å². The van der Waals surface area contributed by atoms with E-state index in [0.717, 1.165) is 27.7 Å². The van der Waals surface area contributed by atoms with E-state index in [9.17, 15) is 5.11 Å². The summed E-state index contributed by atoms with van der Waals surface area (Å²) in [5.41, 5.74) is 3.92. The molecule has 0 amide bonds. The third-order valence-corrected chi connectivity index (χ3v) is 2.56. The Kier molecular flexibility index (Phi) is 2.12. The fraction of sp³-hybridized carbons (Fsp3) is 0.0769. The Labute approximate surface area is 88.6 Å². The van der Waals surface area contributed by atoms with Gasteiger partial charge >= 0.3 is 0 Å². The SMILES string of the molecule is C=Cc1[nH]c2cc(O)cc(C)c2c1C=C. The Morgan fingerprint density at radius 3 is 2.60 bits per heavy atom. The van der Waals surface area contributed by atoms with E-state index in [4.69, 9.17) is 0 Å². The standard InChI is InChI=1S/C13H13NO/c1-4-10-11(5-2)14-12-7-9(15)6-8(3)13(10)12/h4-7,14-15H,1-2H2,3H3. The van der Waals surface area contributed by atoms with Gasteiger partial charge in [-0.3, -0.25) is 0 Å². The first kappa shape index (κ1) is 9.59. The number of hydrogen-bond acceptors (Lipinski definition) is 1. The Morgan fingerprint density at radius 2 is 2.00 bits per heavy atom. The predicted octanol–water partition coefficient (Wildman–Crippen LogP) is 3.47. The van der Waals surface area contributed by atoms with Crippen molar-refractivity contribution in [1.82, 2.24) is 4.98 Å². The summed E-state index contributed by atoms with van der Waals surface area (Å²) in [5, 5.41) is 10.6. The summed E-state index contributed by atoms with van der Waals surface area (Å²) in [6.07, 6.45) is 3.56. The summed E-state index contributed by atoms with van der Waals surface area (Å²) in [6, 6.07) is 3.46. The first-order valence-corrected chi connectivity index (χ1v) is 4.77. The number of H-pyrrole nitrogens is 1. The molecule has 0 aliphatic carbocycles. The molecule has 0 saturated heterocycles. The van der Waals surface area contributed by atoms with E-state index in [1.807, 2.05) is 6.92 Å². The van der Waals surface area contributed by atoms with Crippen LogP contribution in [0.3, 0.4) is 0 Å². The molecule has 15 heavy (non-hydrogen) atoms. The van der Waals surface area contributed by atoms with Crippen molar-refractivity contribution in [3.05, 3.63) is 42.1 Å². The molecule has 0 spiro atoms. The van der Waals surface area contributed by atoms with Gasteiger partial charge < -0.3 is 10.1 Å². The van der Waals surface area contributed by atoms with E-state index in [-0.39, 0.29) is 5.75 Å². The van der Waals surface area contributed by atoms with E-state index < -0.39 is 0 Å². The predicted molar refractivity (Wildman–Crippen MR) is 64.9 cm³/mol. The molecule has 0 radical (unpaired) electrons. The molecule has 2 nitrogen and oxygen atoms in total. The summed E-state index contributed by atoms with van der Waals surface area (Å²) >= 11 is 0. The second-order valence-corrected chi connectivity index (χ2v) is 3.55. The van der Waals surface area contributed by atoms with Crippen LogP contribution in [0.5, 0.6) is 5.75 Å². The molecule has 76 valence electrons. The molecule has 0 aliphatic rings. The van der Waals surface area contributed by atoms with Crippen molar-refractivity contribution < 1.29 is 5.11 Å². The molecule has 0 aliphatic heterocycles. The van der Waals surface area contributed by atoms with Gasteiger partial charge in [0, 0.05) is 22.7 Å². The van der Waals surface area contributed by atoms with E-state index in [1.165, 1.54) is 0 Å². The van der Waals surface area contributed by atoms with Crippen LogP contribution < -0.4 is 0 Å². The number of aromatic amines is 1. The number of phenols is 1. The van der Waals surface area contributed by atoms with Crippen LogP contribution in [-0.2, 0) is 0 Å². The highest BCUT2D eigenvalue weighted by Gasteiger charge is 2.09. The van der Waals surface area contributed by atoms with Crippen molar-refractivity contribution in [3.8, 4) is 5.75 Å². The maximum Gasteiger partial charge on any atom is 0.117 e.